The molecule has 2 N–H and O–H groups in total. The summed E-state index contributed by atoms with van der Waals surface area (Å²) in [5.74, 6) is -1.04. The topological polar surface area (TPSA) is 105 Å². The summed E-state index contributed by atoms with van der Waals surface area (Å²) >= 11 is 5.98. The Balaban J connectivity index is 1.38. The number of anilines is 1. The number of carbonyl (C=O) groups excluding carboxylic acids is 4. The number of nitrogens with one attached hydrogen (secondary N) is 2. The van der Waals surface area contributed by atoms with Crippen molar-refractivity contribution in [1.29, 1.82) is 0 Å². The van der Waals surface area contributed by atoms with Gasteiger partial charge in [0.1, 0.15) is 12.6 Å². The average Bonchev–Trinajstić information content (AvgIpc) is 3.05. The van der Waals surface area contributed by atoms with Gasteiger partial charge in [-0.2, -0.15) is 0 Å². The van der Waals surface area contributed by atoms with Gasteiger partial charge in [0.2, 0.25) is 11.8 Å². The maximum atomic E-state index is 12.8. The van der Waals surface area contributed by atoms with E-state index < -0.39 is 18.0 Å². The normalized spacial score (nSPS) is 17.9. The Hall–Kier alpha value is -3.39. The SMILES string of the molecule is Cc1cc(NC(=O)OCc2ccc3c(c2)C(=O)N(C2CCC(=O)NC2=O)C3)ccc1Cl. The van der Waals surface area contributed by atoms with Crippen LogP contribution in [-0.2, 0) is 27.5 Å². The van der Waals surface area contributed by atoms with E-state index in [0.29, 0.717) is 34.8 Å². The highest BCUT2D eigenvalue weighted by atomic mass is 35.5. The Morgan fingerprint density at radius 2 is 2.03 bits per heavy atom. The molecule has 8 nitrogen and oxygen atoms in total. The van der Waals surface area contributed by atoms with Crippen molar-refractivity contribution in [3.8, 4) is 0 Å². The lowest BCUT2D eigenvalue weighted by Crippen LogP contribution is -2.52. The largest absolute Gasteiger partial charge is 0.444 e. The number of aryl methyl sites for hydroxylation is 1. The number of amides is 4. The minimum atomic E-state index is -0.661. The highest BCUT2D eigenvalue weighted by Gasteiger charge is 2.39. The summed E-state index contributed by atoms with van der Waals surface area (Å²) in [7, 11) is 0. The highest BCUT2D eigenvalue weighted by molar-refractivity contribution is 6.31. The number of nitrogens with zero attached hydrogens (tertiary/aromatic N) is 1. The number of benzene rings is 2. The van der Waals surface area contributed by atoms with E-state index in [0.717, 1.165) is 11.1 Å². The minimum absolute atomic E-state index is 0.0165. The van der Waals surface area contributed by atoms with Crippen LogP contribution in [0.15, 0.2) is 36.4 Å². The van der Waals surface area contributed by atoms with Crippen LogP contribution < -0.4 is 10.6 Å². The number of imide groups is 1. The summed E-state index contributed by atoms with van der Waals surface area (Å²) in [4.78, 5) is 49.9. The third-order valence-corrected chi connectivity index (χ3v) is 5.79. The zero-order valence-corrected chi connectivity index (χ0v) is 17.5. The van der Waals surface area contributed by atoms with Crippen molar-refractivity contribution >= 4 is 41.1 Å². The van der Waals surface area contributed by atoms with E-state index in [1.165, 1.54) is 4.90 Å². The highest BCUT2D eigenvalue weighted by Crippen LogP contribution is 2.28. The van der Waals surface area contributed by atoms with Crippen LogP contribution in [0.5, 0.6) is 0 Å². The van der Waals surface area contributed by atoms with E-state index in [4.69, 9.17) is 16.3 Å². The smallest absolute Gasteiger partial charge is 0.411 e. The third kappa shape index (κ3) is 4.39. The molecular formula is C22H20ClN3O5. The van der Waals surface area contributed by atoms with Crippen molar-refractivity contribution in [2.45, 2.75) is 39.0 Å². The molecule has 1 saturated heterocycles. The molecule has 2 aliphatic rings. The fourth-order valence-electron chi connectivity index (χ4n) is 3.72. The van der Waals surface area contributed by atoms with Gasteiger partial charge in [0.25, 0.3) is 5.91 Å². The molecule has 9 heteroatoms. The minimum Gasteiger partial charge on any atom is -0.444 e. The lowest BCUT2D eigenvalue weighted by atomic mass is 10.0. The molecule has 2 aromatic rings. The maximum absolute atomic E-state index is 12.8. The van der Waals surface area contributed by atoms with E-state index in [2.05, 4.69) is 10.6 Å². The third-order valence-electron chi connectivity index (χ3n) is 5.37. The second kappa shape index (κ2) is 8.39. The predicted octanol–water partition coefficient (Wildman–Crippen LogP) is 3.16. The van der Waals surface area contributed by atoms with Gasteiger partial charge < -0.3 is 9.64 Å². The van der Waals surface area contributed by atoms with Crippen molar-refractivity contribution in [3.63, 3.8) is 0 Å². The van der Waals surface area contributed by atoms with Gasteiger partial charge in [-0.3, -0.25) is 25.0 Å². The molecule has 2 aliphatic heterocycles. The second-order valence-electron chi connectivity index (χ2n) is 7.56. The molecule has 1 fully saturated rings. The number of fused-ring (bicyclic) bond motifs is 1. The van der Waals surface area contributed by atoms with Crippen LogP contribution >= 0.6 is 11.6 Å². The van der Waals surface area contributed by atoms with Crippen molar-refractivity contribution in [1.82, 2.24) is 10.2 Å². The van der Waals surface area contributed by atoms with Gasteiger partial charge in [-0.25, -0.2) is 4.79 Å². The molecule has 4 rings (SSSR count). The zero-order valence-electron chi connectivity index (χ0n) is 16.7. The fraction of sp³-hybridized carbons (Fsp3) is 0.273. The summed E-state index contributed by atoms with van der Waals surface area (Å²) < 4.78 is 5.26. The van der Waals surface area contributed by atoms with Gasteiger partial charge in [-0.1, -0.05) is 23.7 Å². The molecule has 4 amide bonds. The quantitative estimate of drug-likeness (QED) is 0.709. The summed E-state index contributed by atoms with van der Waals surface area (Å²) in [6.07, 6.45) is -0.110. The van der Waals surface area contributed by atoms with Gasteiger partial charge in [-0.15, -0.1) is 0 Å². The summed E-state index contributed by atoms with van der Waals surface area (Å²) in [6, 6.07) is 9.68. The van der Waals surface area contributed by atoms with Crippen molar-refractivity contribution in [3.05, 3.63) is 63.7 Å². The molecule has 1 atom stereocenters. The molecule has 31 heavy (non-hydrogen) atoms. The number of ether oxygens (including phenoxy) is 1. The van der Waals surface area contributed by atoms with Crippen LogP contribution in [0.3, 0.4) is 0 Å². The maximum Gasteiger partial charge on any atom is 0.411 e. The molecule has 0 bridgehead atoms. The van der Waals surface area contributed by atoms with Crippen molar-refractivity contribution in [2.75, 3.05) is 5.32 Å². The van der Waals surface area contributed by atoms with Gasteiger partial charge in [0.15, 0.2) is 0 Å². The lowest BCUT2D eigenvalue weighted by Gasteiger charge is -2.29. The number of piperidine rings is 1. The van der Waals surface area contributed by atoms with Gasteiger partial charge in [-0.05, 0) is 54.3 Å². The molecule has 0 radical (unpaired) electrons. The van der Waals surface area contributed by atoms with Gasteiger partial charge >= 0.3 is 6.09 Å². The fourth-order valence-corrected chi connectivity index (χ4v) is 3.83. The zero-order chi connectivity index (χ0) is 22.1. The molecule has 2 heterocycles. The number of hydrogen-bond donors (Lipinski definition) is 2. The van der Waals surface area contributed by atoms with Crippen molar-refractivity contribution in [2.24, 2.45) is 0 Å². The average molecular weight is 442 g/mol. The Kier molecular flexibility index (Phi) is 5.65. The number of carbonyl (C=O) groups is 4. The Bertz CT molecular complexity index is 1100. The summed E-state index contributed by atoms with van der Waals surface area (Å²) in [6.45, 7) is 2.12. The Morgan fingerprint density at radius 1 is 1.23 bits per heavy atom. The van der Waals surface area contributed by atoms with E-state index in [-0.39, 0.29) is 24.8 Å². The first-order valence-corrected chi connectivity index (χ1v) is 10.2. The monoisotopic (exact) mass is 441 g/mol. The van der Waals surface area contributed by atoms with E-state index in [9.17, 15) is 19.2 Å². The molecule has 0 saturated carbocycles. The number of halogens is 1. The molecule has 160 valence electrons. The first-order valence-electron chi connectivity index (χ1n) is 9.78. The molecule has 2 aromatic carbocycles. The van der Waals surface area contributed by atoms with E-state index in [1.54, 1.807) is 36.4 Å². The standard InChI is InChI=1S/C22H20ClN3O5/c1-12-8-15(4-5-17(12)23)24-22(30)31-11-13-2-3-14-10-26(21(29)16(14)9-13)18-6-7-19(27)25-20(18)28/h2-5,8-9,18H,6-7,10-11H2,1H3,(H,24,30)(H,25,27,28). The second-order valence-corrected chi connectivity index (χ2v) is 7.96. The van der Waals surface area contributed by atoms with Crippen LogP contribution in [0.25, 0.3) is 0 Å². The van der Waals surface area contributed by atoms with Crippen LogP contribution in [0.1, 0.15) is 39.9 Å². The van der Waals surface area contributed by atoms with Crippen LogP contribution in [0, 0.1) is 6.92 Å². The van der Waals surface area contributed by atoms with E-state index >= 15 is 0 Å². The molecule has 1 unspecified atom stereocenters. The first-order chi connectivity index (χ1) is 14.8. The van der Waals surface area contributed by atoms with Crippen LogP contribution in [-0.4, -0.2) is 34.8 Å². The van der Waals surface area contributed by atoms with Gasteiger partial charge in [0.05, 0.1) is 0 Å². The molecule has 0 aliphatic carbocycles. The Labute approximate surface area is 183 Å². The number of rotatable bonds is 4. The predicted molar refractivity (Wildman–Crippen MR) is 112 cm³/mol. The Morgan fingerprint density at radius 3 is 2.77 bits per heavy atom. The van der Waals surface area contributed by atoms with Crippen molar-refractivity contribution < 1.29 is 23.9 Å². The number of hydrogen-bond acceptors (Lipinski definition) is 5. The summed E-state index contributed by atoms with van der Waals surface area (Å²) in [5.41, 5.74) is 3.31. The molecular weight excluding hydrogens is 422 g/mol. The molecule has 0 spiro atoms. The van der Waals surface area contributed by atoms with Crippen LogP contribution in [0.4, 0.5) is 10.5 Å². The molecule has 0 aromatic heterocycles. The van der Waals surface area contributed by atoms with Crippen LogP contribution in [0.2, 0.25) is 5.02 Å². The first kappa shape index (κ1) is 20.9. The van der Waals surface area contributed by atoms with Gasteiger partial charge in [0, 0.05) is 29.2 Å². The lowest BCUT2D eigenvalue weighted by molar-refractivity contribution is -0.136. The summed E-state index contributed by atoms with van der Waals surface area (Å²) in [5, 5.41) is 5.52. The van der Waals surface area contributed by atoms with E-state index in [1.807, 2.05) is 6.92 Å².